The SMILES string of the molecule is CCCCCCCCc1ccc(N=Nc2ccc(-c3ccc(N(C)C)cc3)cc2)cc1. The van der Waals surface area contributed by atoms with Crippen LogP contribution in [-0.4, -0.2) is 14.1 Å². The van der Waals surface area contributed by atoms with Crippen LogP contribution in [0.2, 0.25) is 0 Å². The Morgan fingerprint density at radius 1 is 0.581 bits per heavy atom. The summed E-state index contributed by atoms with van der Waals surface area (Å²) in [5.41, 5.74) is 6.74. The molecule has 0 aliphatic heterocycles. The van der Waals surface area contributed by atoms with Crippen LogP contribution in [0, 0.1) is 0 Å². The first-order valence-electron chi connectivity index (χ1n) is 11.5. The first-order valence-corrected chi connectivity index (χ1v) is 11.5. The number of unbranched alkanes of at least 4 members (excludes halogenated alkanes) is 5. The second-order valence-electron chi connectivity index (χ2n) is 8.37. The highest BCUT2D eigenvalue weighted by Gasteiger charge is 2.00. The van der Waals surface area contributed by atoms with Crippen molar-refractivity contribution in [2.75, 3.05) is 19.0 Å². The van der Waals surface area contributed by atoms with Gasteiger partial charge in [-0.25, -0.2) is 0 Å². The number of aryl methyl sites for hydroxylation is 1. The molecule has 0 saturated carbocycles. The molecule has 0 heterocycles. The molecule has 0 aliphatic rings. The van der Waals surface area contributed by atoms with E-state index < -0.39 is 0 Å². The van der Waals surface area contributed by atoms with E-state index in [0.29, 0.717) is 0 Å². The number of benzene rings is 3. The summed E-state index contributed by atoms with van der Waals surface area (Å²) in [7, 11) is 4.11. The Kier molecular flexibility index (Phi) is 8.84. The first-order chi connectivity index (χ1) is 15.2. The van der Waals surface area contributed by atoms with E-state index >= 15 is 0 Å². The van der Waals surface area contributed by atoms with E-state index in [1.165, 1.54) is 60.9 Å². The van der Waals surface area contributed by atoms with Crippen molar-refractivity contribution in [3.8, 4) is 11.1 Å². The van der Waals surface area contributed by atoms with Crippen LogP contribution < -0.4 is 4.90 Å². The van der Waals surface area contributed by atoms with Gasteiger partial charge in [-0.1, -0.05) is 75.4 Å². The molecule has 3 aromatic rings. The molecule has 0 aromatic heterocycles. The summed E-state index contributed by atoms with van der Waals surface area (Å²) in [5.74, 6) is 0. The number of rotatable bonds is 11. The number of anilines is 1. The van der Waals surface area contributed by atoms with Gasteiger partial charge in [-0.15, -0.1) is 0 Å². The Hall–Kier alpha value is -2.94. The average molecular weight is 414 g/mol. The van der Waals surface area contributed by atoms with Crippen molar-refractivity contribution in [1.82, 2.24) is 0 Å². The van der Waals surface area contributed by atoms with Gasteiger partial charge in [0.2, 0.25) is 0 Å². The number of hydrogen-bond donors (Lipinski definition) is 0. The highest BCUT2D eigenvalue weighted by molar-refractivity contribution is 5.67. The Balaban J connectivity index is 1.51. The van der Waals surface area contributed by atoms with Gasteiger partial charge in [-0.05, 0) is 65.9 Å². The van der Waals surface area contributed by atoms with Crippen molar-refractivity contribution < 1.29 is 0 Å². The van der Waals surface area contributed by atoms with Gasteiger partial charge in [0, 0.05) is 19.8 Å². The lowest BCUT2D eigenvalue weighted by Gasteiger charge is -2.12. The molecule has 0 fully saturated rings. The lowest BCUT2D eigenvalue weighted by Crippen LogP contribution is -2.07. The van der Waals surface area contributed by atoms with Crippen LogP contribution in [0.25, 0.3) is 11.1 Å². The van der Waals surface area contributed by atoms with Crippen molar-refractivity contribution in [3.63, 3.8) is 0 Å². The molecule has 0 saturated heterocycles. The summed E-state index contributed by atoms with van der Waals surface area (Å²) in [5, 5.41) is 8.80. The third kappa shape index (κ3) is 7.36. The molecule has 0 bridgehead atoms. The van der Waals surface area contributed by atoms with Crippen LogP contribution in [0.3, 0.4) is 0 Å². The largest absolute Gasteiger partial charge is 0.378 e. The molecule has 0 N–H and O–H groups in total. The number of hydrogen-bond acceptors (Lipinski definition) is 3. The zero-order valence-corrected chi connectivity index (χ0v) is 19.2. The standard InChI is InChI=1S/C28H35N3/c1-4-5-6-7-8-9-10-23-11-17-26(18-12-23)29-30-27-19-13-24(14-20-27)25-15-21-28(22-16-25)31(2)3/h11-22H,4-10H2,1-3H3. The van der Waals surface area contributed by atoms with Gasteiger partial charge in [0.05, 0.1) is 11.4 Å². The maximum atomic E-state index is 4.40. The zero-order chi connectivity index (χ0) is 21.9. The summed E-state index contributed by atoms with van der Waals surface area (Å²) in [6.07, 6.45) is 9.17. The molecule has 3 rings (SSSR count). The van der Waals surface area contributed by atoms with Gasteiger partial charge in [0.1, 0.15) is 0 Å². The fraction of sp³-hybridized carbons (Fsp3) is 0.357. The second kappa shape index (κ2) is 12.0. The van der Waals surface area contributed by atoms with Gasteiger partial charge in [-0.3, -0.25) is 0 Å². The molecule has 0 unspecified atom stereocenters. The third-order valence-corrected chi connectivity index (χ3v) is 5.62. The van der Waals surface area contributed by atoms with Crippen LogP contribution in [0.15, 0.2) is 83.0 Å². The summed E-state index contributed by atoms with van der Waals surface area (Å²) < 4.78 is 0. The van der Waals surface area contributed by atoms with Gasteiger partial charge in [0.15, 0.2) is 0 Å². The Morgan fingerprint density at radius 3 is 1.61 bits per heavy atom. The van der Waals surface area contributed by atoms with Crippen LogP contribution in [0.5, 0.6) is 0 Å². The molecule has 162 valence electrons. The van der Waals surface area contributed by atoms with Crippen molar-refractivity contribution in [1.29, 1.82) is 0 Å². The van der Waals surface area contributed by atoms with Crippen LogP contribution >= 0.6 is 0 Å². The molecule has 3 nitrogen and oxygen atoms in total. The lowest BCUT2D eigenvalue weighted by molar-refractivity contribution is 0.607. The van der Waals surface area contributed by atoms with E-state index in [2.05, 4.69) is 96.8 Å². The maximum Gasteiger partial charge on any atom is 0.0857 e. The molecule has 3 heteroatoms. The zero-order valence-electron chi connectivity index (χ0n) is 19.2. The minimum absolute atomic E-state index is 0.866. The van der Waals surface area contributed by atoms with Gasteiger partial charge in [0.25, 0.3) is 0 Å². The highest BCUT2D eigenvalue weighted by Crippen LogP contribution is 2.26. The predicted molar refractivity (Wildman–Crippen MR) is 134 cm³/mol. The van der Waals surface area contributed by atoms with E-state index in [0.717, 1.165) is 17.8 Å². The van der Waals surface area contributed by atoms with Gasteiger partial charge >= 0.3 is 0 Å². The molecule has 0 spiro atoms. The lowest BCUT2D eigenvalue weighted by atomic mass is 10.0. The first kappa shape index (κ1) is 22.7. The molecular formula is C28H35N3. The number of azo groups is 1. The van der Waals surface area contributed by atoms with Crippen molar-refractivity contribution in [2.24, 2.45) is 10.2 Å². The summed E-state index contributed by atoms with van der Waals surface area (Å²) in [6.45, 7) is 2.26. The minimum atomic E-state index is 0.866. The quantitative estimate of drug-likeness (QED) is 0.228. The topological polar surface area (TPSA) is 28.0 Å². The van der Waals surface area contributed by atoms with E-state index in [4.69, 9.17) is 0 Å². The summed E-state index contributed by atoms with van der Waals surface area (Å²) in [4.78, 5) is 2.11. The molecule has 0 aliphatic carbocycles. The van der Waals surface area contributed by atoms with E-state index in [1.54, 1.807) is 0 Å². The second-order valence-corrected chi connectivity index (χ2v) is 8.37. The number of nitrogens with zero attached hydrogens (tertiary/aromatic N) is 3. The van der Waals surface area contributed by atoms with Gasteiger partial charge in [-0.2, -0.15) is 10.2 Å². The molecule has 3 aromatic carbocycles. The normalized spacial score (nSPS) is 11.2. The Bertz CT molecular complexity index is 924. The molecular weight excluding hydrogens is 378 g/mol. The fourth-order valence-electron chi connectivity index (χ4n) is 3.63. The summed E-state index contributed by atoms with van der Waals surface area (Å²) in [6, 6.07) is 25.3. The Labute approximate surface area is 187 Å². The predicted octanol–water partition coefficient (Wildman–Crippen LogP) is 8.74. The van der Waals surface area contributed by atoms with E-state index in [1.807, 2.05) is 12.1 Å². The molecule has 0 atom stereocenters. The Morgan fingerprint density at radius 2 is 1.06 bits per heavy atom. The fourth-order valence-corrected chi connectivity index (χ4v) is 3.63. The van der Waals surface area contributed by atoms with Crippen molar-refractivity contribution >= 4 is 17.1 Å². The van der Waals surface area contributed by atoms with Gasteiger partial charge < -0.3 is 4.90 Å². The maximum absolute atomic E-state index is 4.40. The molecule has 0 amide bonds. The summed E-state index contributed by atoms with van der Waals surface area (Å²) >= 11 is 0. The molecule has 0 radical (unpaired) electrons. The smallest absolute Gasteiger partial charge is 0.0857 e. The molecule has 31 heavy (non-hydrogen) atoms. The minimum Gasteiger partial charge on any atom is -0.378 e. The van der Waals surface area contributed by atoms with Crippen molar-refractivity contribution in [3.05, 3.63) is 78.4 Å². The van der Waals surface area contributed by atoms with Crippen LogP contribution in [-0.2, 0) is 6.42 Å². The van der Waals surface area contributed by atoms with E-state index in [-0.39, 0.29) is 0 Å². The highest BCUT2D eigenvalue weighted by atomic mass is 15.1. The average Bonchev–Trinajstić information content (AvgIpc) is 2.81. The monoisotopic (exact) mass is 413 g/mol. The van der Waals surface area contributed by atoms with Crippen molar-refractivity contribution in [2.45, 2.75) is 51.9 Å². The van der Waals surface area contributed by atoms with E-state index in [9.17, 15) is 0 Å². The van der Waals surface area contributed by atoms with Crippen LogP contribution in [0.4, 0.5) is 17.1 Å². The third-order valence-electron chi connectivity index (χ3n) is 5.62. The van der Waals surface area contributed by atoms with Crippen LogP contribution in [0.1, 0.15) is 51.0 Å².